The largest absolute Gasteiger partial charge is 0.399 e. The van der Waals surface area contributed by atoms with Crippen LogP contribution < -0.4 is 5.73 Å². The van der Waals surface area contributed by atoms with Gasteiger partial charge in [-0.3, -0.25) is 0 Å². The fourth-order valence-corrected chi connectivity index (χ4v) is 3.94. The van der Waals surface area contributed by atoms with Gasteiger partial charge in [0.25, 0.3) is 0 Å². The first-order valence-electron chi connectivity index (χ1n) is 6.22. The monoisotopic (exact) mass is 302 g/mol. The van der Waals surface area contributed by atoms with Gasteiger partial charge in [-0.05, 0) is 29.3 Å². The Labute approximate surface area is 125 Å². The van der Waals surface area contributed by atoms with E-state index < -0.39 is 0 Å². The number of anilines is 1. The SMILES string of the molecule is Nc1ccc2nc(SCc3ccc(CO)cc3)sc2c1. The molecule has 3 N–H and O–H groups in total. The van der Waals surface area contributed by atoms with Crippen molar-refractivity contribution in [3.63, 3.8) is 0 Å². The van der Waals surface area contributed by atoms with Crippen LogP contribution in [-0.2, 0) is 12.4 Å². The number of benzene rings is 2. The second-order valence-corrected chi connectivity index (χ2v) is 6.72. The standard InChI is InChI=1S/C15H14N2OS2/c16-12-5-6-13-14(7-12)20-15(17-13)19-9-11-3-1-10(8-18)2-4-11/h1-7,18H,8-9,16H2. The third kappa shape index (κ3) is 2.95. The molecule has 0 saturated heterocycles. The number of rotatable bonds is 4. The first kappa shape index (κ1) is 13.4. The van der Waals surface area contributed by atoms with Crippen LogP contribution in [0.4, 0.5) is 5.69 Å². The van der Waals surface area contributed by atoms with Crippen LogP contribution in [0.5, 0.6) is 0 Å². The molecule has 0 radical (unpaired) electrons. The fraction of sp³-hybridized carbons (Fsp3) is 0.133. The van der Waals surface area contributed by atoms with E-state index >= 15 is 0 Å². The lowest BCUT2D eigenvalue weighted by Crippen LogP contribution is -1.84. The minimum atomic E-state index is 0.0900. The van der Waals surface area contributed by atoms with Crippen molar-refractivity contribution in [2.24, 2.45) is 0 Å². The minimum Gasteiger partial charge on any atom is -0.399 e. The van der Waals surface area contributed by atoms with Crippen molar-refractivity contribution in [1.29, 1.82) is 0 Å². The molecular formula is C15H14N2OS2. The normalized spacial score (nSPS) is 11.1. The molecule has 0 atom stereocenters. The van der Waals surface area contributed by atoms with Gasteiger partial charge in [-0.25, -0.2) is 4.98 Å². The van der Waals surface area contributed by atoms with Crippen LogP contribution in [0.15, 0.2) is 46.8 Å². The van der Waals surface area contributed by atoms with E-state index in [4.69, 9.17) is 10.8 Å². The highest BCUT2D eigenvalue weighted by Crippen LogP contribution is 2.32. The second-order valence-electron chi connectivity index (χ2n) is 4.47. The highest BCUT2D eigenvalue weighted by atomic mass is 32.2. The topological polar surface area (TPSA) is 59.1 Å². The number of aromatic nitrogens is 1. The molecule has 0 aliphatic carbocycles. The highest BCUT2D eigenvalue weighted by Gasteiger charge is 2.05. The Bertz CT molecular complexity index is 722. The lowest BCUT2D eigenvalue weighted by Gasteiger charge is -2.00. The number of nitrogens with two attached hydrogens (primary N) is 1. The number of aliphatic hydroxyl groups is 1. The molecule has 1 heterocycles. The maximum absolute atomic E-state index is 9.02. The summed E-state index contributed by atoms with van der Waals surface area (Å²) in [5, 5.41) is 9.02. The van der Waals surface area contributed by atoms with E-state index in [9.17, 15) is 0 Å². The number of nitrogen functional groups attached to an aromatic ring is 1. The van der Waals surface area contributed by atoms with Crippen molar-refractivity contribution in [2.45, 2.75) is 16.7 Å². The van der Waals surface area contributed by atoms with Gasteiger partial charge in [0.05, 0.1) is 16.8 Å². The summed E-state index contributed by atoms with van der Waals surface area (Å²) in [6.07, 6.45) is 0. The summed E-state index contributed by atoms with van der Waals surface area (Å²) in [5.41, 5.74) is 9.72. The number of nitrogens with zero attached hydrogens (tertiary/aromatic N) is 1. The van der Waals surface area contributed by atoms with Gasteiger partial charge in [0.1, 0.15) is 0 Å². The van der Waals surface area contributed by atoms with Crippen LogP contribution in [0.1, 0.15) is 11.1 Å². The molecule has 0 aliphatic heterocycles. The Morgan fingerprint density at radius 2 is 1.85 bits per heavy atom. The van der Waals surface area contributed by atoms with E-state index in [1.807, 2.05) is 42.5 Å². The summed E-state index contributed by atoms with van der Waals surface area (Å²) in [7, 11) is 0. The minimum absolute atomic E-state index is 0.0900. The number of aliphatic hydroxyl groups excluding tert-OH is 1. The highest BCUT2D eigenvalue weighted by molar-refractivity contribution is 8.00. The van der Waals surface area contributed by atoms with E-state index in [1.165, 1.54) is 5.56 Å². The quantitative estimate of drug-likeness (QED) is 0.570. The molecule has 20 heavy (non-hydrogen) atoms. The van der Waals surface area contributed by atoms with Crippen LogP contribution in [0.2, 0.25) is 0 Å². The molecule has 102 valence electrons. The van der Waals surface area contributed by atoms with Crippen LogP contribution in [-0.4, -0.2) is 10.1 Å². The average Bonchev–Trinajstić information content (AvgIpc) is 2.87. The summed E-state index contributed by atoms with van der Waals surface area (Å²) in [4.78, 5) is 4.59. The van der Waals surface area contributed by atoms with E-state index in [0.29, 0.717) is 0 Å². The number of fused-ring (bicyclic) bond motifs is 1. The summed E-state index contributed by atoms with van der Waals surface area (Å²) in [6.45, 7) is 0.0900. The van der Waals surface area contributed by atoms with Gasteiger partial charge in [0, 0.05) is 11.4 Å². The molecule has 0 aliphatic rings. The first-order chi connectivity index (χ1) is 9.74. The van der Waals surface area contributed by atoms with Gasteiger partial charge in [0.15, 0.2) is 4.34 Å². The maximum atomic E-state index is 9.02. The third-order valence-corrected chi connectivity index (χ3v) is 5.19. The predicted molar refractivity (Wildman–Crippen MR) is 86.0 cm³/mol. The van der Waals surface area contributed by atoms with E-state index in [1.54, 1.807) is 23.1 Å². The molecule has 0 amide bonds. The fourth-order valence-electron chi connectivity index (χ4n) is 1.87. The van der Waals surface area contributed by atoms with Gasteiger partial charge in [-0.2, -0.15) is 0 Å². The molecule has 5 heteroatoms. The molecule has 0 saturated carbocycles. The third-order valence-electron chi connectivity index (χ3n) is 2.96. The zero-order chi connectivity index (χ0) is 13.9. The Hall–Kier alpha value is -1.56. The summed E-state index contributed by atoms with van der Waals surface area (Å²) in [5.74, 6) is 0.876. The molecule has 0 spiro atoms. The maximum Gasteiger partial charge on any atom is 0.151 e. The van der Waals surface area contributed by atoms with Crippen LogP contribution in [0.3, 0.4) is 0 Å². The Kier molecular flexibility index (Phi) is 3.91. The summed E-state index contributed by atoms with van der Waals surface area (Å²) >= 11 is 3.39. The lowest BCUT2D eigenvalue weighted by molar-refractivity contribution is 0.282. The van der Waals surface area contributed by atoms with Crippen molar-refractivity contribution in [3.05, 3.63) is 53.6 Å². The summed E-state index contributed by atoms with van der Waals surface area (Å²) < 4.78 is 2.18. The second kappa shape index (κ2) is 5.83. The molecule has 0 fully saturated rings. The number of thiazole rings is 1. The molecule has 1 aromatic heterocycles. The van der Waals surface area contributed by atoms with Crippen molar-refractivity contribution >= 4 is 39.0 Å². The smallest absolute Gasteiger partial charge is 0.151 e. The predicted octanol–water partition coefficient (Wildman–Crippen LogP) is 3.66. The van der Waals surface area contributed by atoms with E-state index in [2.05, 4.69) is 4.98 Å². The van der Waals surface area contributed by atoms with Gasteiger partial charge in [-0.1, -0.05) is 36.0 Å². The van der Waals surface area contributed by atoms with E-state index in [-0.39, 0.29) is 6.61 Å². The van der Waals surface area contributed by atoms with Gasteiger partial charge >= 0.3 is 0 Å². The zero-order valence-corrected chi connectivity index (χ0v) is 12.4. The molecule has 0 bridgehead atoms. The van der Waals surface area contributed by atoms with Gasteiger partial charge < -0.3 is 10.8 Å². The lowest BCUT2D eigenvalue weighted by atomic mass is 10.2. The molecule has 3 nitrogen and oxygen atoms in total. The van der Waals surface area contributed by atoms with Gasteiger partial charge in [0.2, 0.25) is 0 Å². The van der Waals surface area contributed by atoms with E-state index in [0.717, 1.165) is 31.6 Å². The Balaban J connectivity index is 1.72. The number of hydrogen-bond acceptors (Lipinski definition) is 5. The zero-order valence-electron chi connectivity index (χ0n) is 10.7. The van der Waals surface area contributed by atoms with Crippen molar-refractivity contribution in [1.82, 2.24) is 4.98 Å². The average molecular weight is 302 g/mol. The molecule has 0 unspecified atom stereocenters. The van der Waals surface area contributed by atoms with Crippen molar-refractivity contribution in [3.8, 4) is 0 Å². The first-order valence-corrected chi connectivity index (χ1v) is 8.02. The molecular weight excluding hydrogens is 288 g/mol. The number of hydrogen-bond donors (Lipinski definition) is 2. The molecule has 3 aromatic rings. The Morgan fingerprint density at radius 3 is 2.60 bits per heavy atom. The summed E-state index contributed by atoms with van der Waals surface area (Å²) in [6, 6.07) is 13.8. The molecule has 3 rings (SSSR count). The van der Waals surface area contributed by atoms with Crippen molar-refractivity contribution in [2.75, 3.05) is 5.73 Å². The van der Waals surface area contributed by atoms with Crippen LogP contribution in [0, 0.1) is 0 Å². The number of thioether (sulfide) groups is 1. The molecule has 2 aromatic carbocycles. The van der Waals surface area contributed by atoms with Gasteiger partial charge in [-0.15, -0.1) is 11.3 Å². The van der Waals surface area contributed by atoms with Crippen LogP contribution in [0.25, 0.3) is 10.2 Å². The van der Waals surface area contributed by atoms with Crippen LogP contribution >= 0.6 is 23.1 Å². The van der Waals surface area contributed by atoms with Crippen molar-refractivity contribution < 1.29 is 5.11 Å². The Morgan fingerprint density at radius 1 is 1.10 bits per heavy atom.